The summed E-state index contributed by atoms with van der Waals surface area (Å²) in [4.78, 5) is 42.7. The molecule has 4 bridgehead atoms. The van der Waals surface area contributed by atoms with Gasteiger partial charge in [-0.3, -0.25) is 23.9 Å². The third-order valence-corrected chi connectivity index (χ3v) is 9.73. The number of benzene rings is 3. The molecule has 2 atom stereocenters. The predicted molar refractivity (Wildman–Crippen MR) is 184 cm³/mol. The number of hydrogen-bond acceptors (Lipinski definition) is 6. The van der Waals surface area contributed by atoms with Gasteiger partial charge in [0, 0.05) is 48.6 Å². The van der Waals surface area contributed by atoms with Crippen LogP contribution in [0, 0.1) is 32.4 Å². The molecule has 8 nitrogen and oxygen atoms in total. The molecule has 14 heteroatoms. The number of likely N-dealkylation sites (tertiary alicyclic amines) is 1. The van der Waals surface area contributed by atoms with Gasteiger partial charge in [0.25, 0.3) is 5.56 Å². The van der Waals surface area contributed by atoms with Crippen molar-refractivity contribution in [3.05, 3.63) is 116 Å². The normalized spacial score (nSPS) is 17.7. The van der Waals surface area contributed by atoms with Gasteiger partial charge in [0.1, 0.15) is 35.3 Å². The van der Waals surface area contributed by atoms with Crippen molar-refractivity contribution in [2.24, 2.45) is 0 Å². The maximum Gasteiger partial charge on any atom is 0.416 e. The fourth-order valence-corrected chi connectivity index (χ4v) is 6.87. The molecule has 0 aliphatic carbocycles. The minimum absolute atomic E-state index is 0.0190. The van der Waals surface area contributed by atoms with Gasteiger partial charge in [0.2, 0.25) is 5.91 Å². The molecular weight excluding hydrogens is 704 g/mol. The number of halogens is 6. The Labute approximate surface area is 301 Å². The number of hydrogen-bond donors (Lipinski definition) is 1. The number of amides is 1. The molecule has 1 fully saturated rings. The number of alkyl halides is 4. The standard InChI is InChI=1S/C39H37F6N3O5/c1-5-52-34(50)16-31-28-13-24(12-21(3)36(28)42)35-22(4)20(2)6-9-32(35)53-26-7-8-30(41)27(14-26)37(38(51)46-31)48-17-23(10-11-47-18-25(40)19-47)29(15-33(48)49)39(43,44)45/h6-9,12-15,17,25,31,37H,5,10-11,16,18-19H2,1-4H3,(H,46,51)/t31-,37-/m0/s1. The molecule has 2 aliphatic heterocycles. The van der Waals surface area contributed by atoms with Crippen LogP contribution >= 0.6 is 0 Å². The van der Waals surface area contributed by atoms with Gasteiger partial charge in [-0.1, -0.05) is 6.07 Å². The Morgan fingerprint density at radius 3 is 2.40 bits per heavy atom. The van der Waals surface area contributed by atoms with E-state index in [4.69, 9.17) is 9.47 Å². The third kappa shape index (κ3) is 7.68. The molecule has 0 radical (unpaired) electrons. The van der Waals surface area contributed by atoms with E-state index < -0.39 is 71.0 Å². The predicted octanol–water partition coefficient (Wildman–Crippen LogP) is 7.44. The fourth-order valence-electron chi connectivity index (χ4n) is 6.87. The monoisotopic (exact) mass is 741 g/mol. The van der Waals surface area contributed by atoms with Crippen LogP contribution in [0.15, 0.2) is 59.5 Å². The van der Waals surface area contributed by atoms with E-state index >= 15 is 8.78 Å². The van der Waals surface area contributed by atoms with E-state index in [2.05, 4.69) is 5.32 Å². The first-order valence-electron chi connectivity index (χ1n) is 17.1. The van der Waals surface area contributed by atoms with Gasteiger partial charge in [-0.2, -0.15) is 13.2 Å². The van der Waals surface area contributed by atoms with Crippen molar-refractivity contribution >= 4 is 11.9 Å². The molecular formula is C39H37F6N3O5. The van der Waals surface area contributed by atoms with Crippen LogP contribution in [0.1, 0.15) is 64.4 Å². The molecule has 1 aromatic heterocycles. The van der Waals surface area contributed by atoms with Crippen molar-refractivity contribution in [3.8, 4) is 22.6 Å². The van der Waals surface area contributed by atoms with Crippen LogP contribution in [0.3, 0.4) is 0 Å². The summed E-state index contributed by atoms with van der Waals surface area (Å²) in [5, 5.41) is 2.60. The number of esters is 1. The minimum Gasteiger partial charge on any atom is -0.466 e. The van der Waals surface area contributed by atoms with Crippen molar-refractivity contribution in [1.29, 1.82) is 0 Å². The zero-order valence-corrected chi connectivity index (χ0v) is 29.4. The van der Waals surface area contributed by atoms with Gasteiger partial charge in [-0.25, -0.2) is 13.2 Å². The van der Waals surface area contributed by atoms with Crippen LogP contribution < -0.4 is 15.6 Å². The number of nitrogens with zero attached hydrogens (tertiary/aromatic N) is 2. The number of carbonyl (C=O) groups is 2. The molecule has 1 N–H and O–H groups in total. The number of pyridine rings is 1. The van der Waals surface area contributed by atoms with Crippen LogP contribution in [0.4, 0.5) is 26.3 Å². The number of carbonyl (C=O) groups excluding carboxylic acids is 2. The van der Waals surface area contributed by atoms with Crippen molar-refractivity contribution < 1.29 is 45.4 Å². The van der Waals surface area contributed by atoms with Crippen LogP contribution in [-0.2, 0) is 26.9 Å². The second-order valence-electron chi connectivity index (χ2n) is 13.4. The Balaban J connectivity index is 1.59. The molecule has 0 unspecified atom stereocenters. The third-order valence-electron chi connectivity index (χ3n) is 9.73. The molecule has 3 heterocycles. The van der Waals surface area contributed by atoms with E-state index in [-0.39, 0.29) is 60.9 Å². The summed E-state index contributed by atoms with van der Waals surface area (Å²) in [5.41, 5.74) is -0.656. The van der Waals surface area contributed by atoms with Crippen molar-refractivity contribution in [2.75, 3.05) is 26.2 Å². The molecule has 4 aromatic rings. The Hall–Kier alpha value is -5.11. The maximum absolute atomic E-state index is 16.2. The molecule has 6 rings (SSSR count). The highest BCUT2D eigenvalue weighted by Crippen LogP contribution is 2.41. The lowest BCUT2D eigenvalue weighted by Crippen LogP contribution is -2.49. The van der Waals surface area contributed by atoms with Gasteiger partial charge in [-0.05, 0) is 98.3 Å². The van der Waals surface area contributed by atoms with Gasteiger partial charge in [0.05, 0.1) is 24.6 Å². The Bertz CT molecular complexity index is 2140. The lowest BCUT2D eigenvalue weighted by atomic mass is 9.90. The summed E-state index contributed by atoms with van der Waals surface area (Å²) in [6, 6.07) is 6.91. The van der Waals surface area contributed by atoms with Gasteiger partial charge < -0.3 is 14.8 Å². The largest absolute Gasteiger partial charge is 0.466 e. The fraction of sp³-hybridized carbons (Fsp3) is 0.359. The summed E-state index contributed by atoms with van der Waals surface area (Å²) >= 11 is 0. The van der Waals surface area contributed by atoms with Crippen molar-refractivity contribution in [1.82, 2.24) is 14.8 Å². The number of aromatic nitrogens is 1. The van der Waals surface area contributed by atoms with E-state index in [0.717, 1.165) is 23.4 Å². The van der Waals surface area contributed by atoms with Gasteiger partial charge >= 0.3 is 12.1 Å². The van der Waals surface area contributed by atoms with Gasteiger partial charge in [-0.15, -0.1) is 0 Å². The number of nitrogens with one attached hydrogen (secondary N) is 1. The smallest absolute Gasteiger partial charge is 0.416 e. The van der Waals surface area contributed by atoms with Crippen LogP contribution in [-0.4, -0.2) is 53.8 Å². The minimum atomic E-state index is -4.97. The first-order valence-corrected chi connectivity index (χ1v) is 17.1. The molecule has 3 aromatic carbocycles. The van der Waals surface area contributed by atoms with Crippen LogP contribution in [0.25, 0.3) is 11.1 Å². The molecule has 280 valence electrons. The Morgan fingerprint density at radius 2 is 1.72 bits per heavy atom. The summed E-state index contributed by atoms with van der Waals surface area (Å²) in [6.07, 6.45) is -6.08. The average Bonchev–Trinajstić information content (AvgIpc) is 3.07. The lowest BCUT2D eigenvalue weighted by molar-refractivity contribution is -0.144. The zero-order valence-electron chi connectivity index (χ0n) is 29.4. The maximum atomic E-state index is 16.2. The highest BCUT2D eigenvalue weighted by atomic mass is 19.4. The average molecular weight is 742 g/mol. The molecule has 0 saturated carbocycles. The number of aryl methyl sites for hydroxylation is 2. The summed E-state index contributed by atoms with van der Waals surface area (Å²) in [5.74, 6) is -3.37. The van der Waals surface area contributed by atoms with E-state index in [1.807, 2.05) is 13.8 Å². The van der Waals surface area contributed by atoms with Gasteiger partial charge in [0.15, 0.2) is 0 Å². The topological polar surface area (TPSA) is 89.9 Å². The first-order chi connectivity index (χ1) is 25.0. The number of fused-ring (bicyclic) bond motifs is 6. The highest BCUT2D eigenvalue weighted by molar-refractivity contribution is 5.85. The molecule has 1 saturated heterocycles. The van der Waals surface area contributed by atoms with Crippen molar-refractivity contribution in [2.45, 2.75) is 65.0 Å². The molecule has 1 amide bonds. The second kappa shape index (κ2) is 14.7. The zero-order chi connectivity index (χ0) is 38.4. The van der Waals surface area contributed by atoms with Crippen LogP contribution in [0.2, 0.25) is 0 Å². The summed E-state index contributed by atoms with van der Waals surface area (Å²) in [7, 11) is 0. The van der Waals surface area contributed by atoms with E-state index in [1.165, 1.54) is 25.1 Å². The number of rotatable bonds is 7. The molecule has 0 spiro atoms. The highest BCUT2D eigenvalue weighted by Gasteiger charge is 2.38. The SMILES string of the molecule is CCOC(=O)C[C@@H]1NC(=O)[C@@H](n2cc(CCN3CC(F)C3)c(C(F)(F)F)cc2=O)c2cc(ccc2F)Oc2ccc(C)c(C)c2-c2cc(C)c(F)c1c2. The molecule has 2 aliphatic rings. The molecule has 53 heavy (non-hydrogen) atoms. The Kier molecular flexibility index (Phi) is 10.5. The van der Waals surface area contributed by atoms with E-state index in [9.17, 15) is 31.9 Å². The number of ether oxygens (including phenoxy) is 2. The summed E-state index contributed by atoms with van der Waals surface area (Å²) in [6.45, 7) is 6.83. The van der Waals surface area contributed by atoms with Crippen molar-refractivity contribution in [3.63, 3.8) is 0 Å². The first kappa shape index (κ1) is 37.6. The lowest BCUT2D eigenvalue weighted by Gasteiger charge is -2.34. The summed E-state index contributed by atoms with van der Waals surface area (Å²) < 4.78 is 101. The van der Waals surface area contributed by atoms with Crippen LogP contribution in [0.5, 0.6) is 11.5 Å². The Morgan fingerprint density at radius 1 is 0.981 bits per heavy atom. The quantitative estimate of drug-likeness (QED) is 0.157. The van der Waals surface area contributed by atoms with E-state index in [0.29, 0.717) is 21.8 Å². The second-order valence-corrected chi connectivity index (χ2v) is 13.4. The van der Waals surface area contributed by atoms with E-state index in [1.54, 1.807) is 30.0 Å².